The molecule has 104 valence electrons. The maximum Gasteiger partial charge on any atom is 0.0662 e. The molecule has 1 aromatic rings. The summed E-state index contributed by atoms with van der Waals surface area (Å²) >= 11 is 0. The number of nitrogens with zero attached hydrogens (tertiary/aromatic N) is 2. The molecule has 2 aliphatic carbocycles. The molecule has 0 atom stereocenters. The molecule has 19 heavy (non-hydrogen) atoms. The van der Waals surface area contributed by atoms with E-state index in [1.54, 1.807) is 0 Å². The van der Waals surface area contributed by atoms with Crippen LogP contribution in [0.3, 0.4) is 0 Å². The van der Waals surface area contributed by atoms with Crippen molar-refractivity contribution in [2.45, 2.75) is 63.5 Å². The van der Waals surface area contributed by atoms with Crippen LogP contribution in [0.1, 0.15) is 56.7 Å². The van der Waals surface area contributed by atoms with Gasteiger partial charge in [0.05, 0.1) is 11.7 Å². The zero-order valence-electron chi connectivity index (χ0n) is 11.7. The fraction of sp³-hybridized carbons (Fsp3) is 0.688. The number of nitrogens with one attached hydrogen (secondary N) is 1. The molecule has 0 spiro atoms. The van der Waals surface area contributed by atoms with Gasteiger partial charge in [-0.05, 0) is 44.7 Å². The van der Waals surface area contributed by atoms with Crippen molar-refractivity contribution in [1.29, 1.82) is 0 Å². The average Bonchev–Trinajstić information content (AvgIpc) is 2.93. The lowest BCUT2D eigenvalue weighted by Gasteiger charge is -2.08. The summed E-state index contributed by atoms with van der Waals surface area (Å²) in [5, 5.41) is 8.22. The second-order valence-electron chi connectivity index (χ2n) is 5.92. The van der Waals surface area contributed by atoms with Gasteiger partial charge in [-0.3, -0.25) is 4.68 Å². The van der Waals surface area contributed by atoms with Crippen molar-refractivity contribution in [1.82, 2.24) is 15.1 Å². The van der Waals surface area contributed by atoms with Crippen LogP contribution in [-0.2, 0) is 6.42 Å². The van der Waals surface area contributed by atoms with E-state index < -0.39 is 0 Å². The molecule has 2 aliphatic rings. The fourth-order valence-electron chi connectivity index (χ4n) is 2.84. The first-order valence-corrected chi connectivity index (χ1v) is 7.84. The molecule has 0 aliphatic heterocycles. The topological polar surface area (TPSA) is 29.9 Å². The zero-order chi connectivity index (χ0) is 12.9. The smallest absolute Gasteiger partial charge is 0.0662 e. The van der Waals surface area contributed by atoms with Gasteiger partial charge in [-0.1, -0.05) is 25.0 Å². The normalized spacial score (nSPS) is 20.6. The van der Waals surface area contributed by atoms with E-state index in [-0.39, 0.29) is 0 Å². The largest absolute Gasteiger partial charge is 0.314 e. The average molecular weight is 259 g/mol. The van der Waals surface area contributed by atoms with Crippen LogP contribution in [0.25, 0.3) is 0 Å². The van der Waals surface area contributed by atoms with Crippen LogP contribution in [0.15, 0.2) is 24.4 Å². The van der Waals surface area contributed by atoms with Crippen molar-refractivity contribution in [2.24, 2.45) is 0 Å². The number of allylic oxidation sites excluding steroid dienone is 1. The van der Waals surface area contributed by atoms with Gasteiger partial charge in [-0.25, -0.2) is 0 Å². The van der Waals surface area contributed by atoms with Crippen molar-refractivity contribution in [2.75, 3.05) is 6.54 Å². The van der Waals surface area contributed by atoms with E-state index in [0.29, 0.717) is 6.04 Å². The maximum atomic E-state index is 4.70. The molecule has 0 saturated heterocycles. The van der Waals surface area contributed by atoms with Crippen molar-refractivity contribution >= 4 is 0 Å². The van der Waals surface area contributed by atoms with Crippen LogP contribution in [0.5, 0.6) is 0 Å². The minimum atomic E-state index is 0.667. The molecule has 1 N–H and O–H groups in total. The molecule has 1 aromatic heterocycles. The highest BCUT2D eigenvalue weighted by Gasteiger charge is 2.19. The summed E-state index contributed by atoms with van der Waals surface area (Å²) in [6.07, 6.45) is 16.9. The minimum absolute atomic E-state index is 0.667. The Balaban J connectivity index is 1.38. The molecule has 3 heteroatoms. The Morgan fingerprint density at radius 1 is 1.21 bits per heavy atom. The first-order valence-electron chi connectivity index (χ1n) is 7.84. The van der Waals surface area contributed by atoms with Gasteiger partial charge in [0, 0.05) is 18.7 Å². The standard InChI is InChI=1S/C16H25N3/c1(5-12-17-14-9-10-14)2-6-15-11-13-19(18-15)16-7-3-4-8-16/h1-2,11,13-14,16-17H,3-10,12H2. The van der Waals surface area contributed by atoms with Gasteiger partial charge < -0.3 is 5.32 Å². The van der Waals surface area contributed by atoms with Gasteiger partial charge in [0.2, 0.25) is 0 Å². The van der Waals surface area contributed by atoms with Crippen LogP contribution in [0, 0.1) is 0 Å². The SMILES string of the molecule is C(=CCc1ccn(C2CCCC2)n1)CCNC1CC1. The molecule has 2 fully saturated rings. The lowest BCUT2D eigenvalue weighted by Crippen LogP contribution is -2.16. The summed E-state index contributed by atoms with van der Waals surface area (Å²) in [5.74, 6) is 0. The number of hydrogen-bond donors (Lipinski definition) is 1. The summed E-state index contributed by atoms with van der Waals surface area (Å²) in [7, 11) is 0. The summed E-state index contributed by atoms with van der Waals surface area (Å²) in [5.41, 5.74) is 1.21. The molecule has 3 nitrogen and oxygen atoms in total. The molecule has 0 unspecified atom stereocenters. The Morgan fingerprint density at radius 2 is 2.05 bits per heavy atom. The summed E-state index contributed by atoms with van der Waals surface area (Å²) in [4.78, 5) is 0. The van der Waals surface area contributed by atoms with Crippen LogP contribution >= 0.6 is 0 Å². The van der Waals surface area contributed by atoms with Crippen LogP contribution in [0.2, 0.25) is 0 Å². The van der Waals surface area contributed by atoms with E-state index in [9.17, 15) is 0 Å². The third kappa shape index (κ3) is 3.93. The Morgan fingerprint density at radius 3 is 2.84 bits per heavy atom. The van der Waals surface area contributed by atoms with Gasteiger partial charge in [0.1, 0.15) is 0 Å². The highest BCUT2D eigenvalue weighted by atomic mass is 15.3. The number of hydrogen-bond acceptors (Lipinski definition) is 2. The first kappa shape index (κ1) is 12.9. The van der Waals surface area contributed by atoms with Crippen LogP contribution < -0.4 is 5.32 Å². The van der Waals surface area contributed by atoms with Gasteiger partial charge >= 0.3 is 0 Å². The lowest BCUT2D eigenvalue weighted by molar-refractivity contribution is 0.464. The Labute approximate surface area is 116 Å². The summed E-state index contributed by atoms with van der Waals surface area (Å²) < 4.78 is 2.19. The molecule has 1 heterocycles. The highest BCUT2D eigenvalue weighted by Crippen LogP contribution is 2.28. The van der Waals surface area contributed by atoms with E-state index in [0.717, 1.165) is 25.4 Å². The maximum absolute atomic E-state index is 4.70. The van der Waals surface area contributed by atoms with Crippen LogP contribution in [0.4, 0.5) is 0 Å². The van der Waals surface area contributed by atoms with Gasteiger partial charge in [0.15, 0.2) is 0 Å². The van der Waals surface area contributed by atoms with E-state index >= 15 is 0 Å². The number of rotatable bonds is 7. The van der Waals surface area contributed by atoms with Crippen molar-refractivity contribution in [3.05, 3.63) is 30.1 Å². The zero-order valence-corrected chi connectivity index (χ0v) is 11.7. The Hall–Kier alpha value is -1.09. The monoisotopic (exact) mass is 259 g/mol. The summed E-state index contributed by atoms with van der Waals surface area (Å²) in [6, 6.07) is 3.67. The molecular weight excluding hydrogens is 234 g/mol. The van der Waals surface area contributed by atoms with E-state index in [1.165, 1.54) is 44.2 Å². The van der Waals surface area contributed by atoms with Crippen molar-refractivity contribution < 1.29 is 0 Å². The molecule has 0 aromatic carbocycles. The van der Waals surface area contributed by atoms with Gasteiger partial charge in [-0.2, -0.15) is 5.10 Å². The van der Waals surface area contributed by atoms with E-state index in [1.807, 2.05) is 0 Å². The number of aromatic nitrogens is 2. The predicted molar refractivity (Wildman–Crippen MR) is 78.2 cm³/mol. The fourth-order valence-corrected chi connectivity index (χ4v) is 2.84. The second kappa shape index (κ2) is 6.38. The van der Waals surface area contributed by atoms with Crippen LogP contribution in [-0.4, -0.2) is 22.4 Å². The Bertz CT molecular complexity index is 411. The van der Waals surface area contributed by atoms with Crippen molar-refractivity contribution in [3.63, 3.8) is 0 Å². The van der Waals surface area contributed by atoms with Gasteiger partial charge in [0.25, 0.3) is 0 Å². The molecule has 0 radical (unpaired) electrons. The third-order valence-corrected chi connectivity index (χ3v) is 4.18. The molecule has 3 rings (SSSR count). The van der Waals surface area contributed by atoms with Crippen molar-refractivity contribution in [3.8, 4) is 0 Å². The second-order valence-corrected chi connectivity index (χ2v) is 5.92. The Kier molecular flexibility index (Phi) is 4.34. The first-order chi connectivity index (χ1) is 9.42. The van der Waals surface area contributed by atoms with E-state index in [4.69, 9.17) is 5.10 Å². The third-order valence-electron chi connectivity index (χ3n) is 4.18. The minimum Gasteiger partial charge on any atom is -0.314 e. The lowest BCUT2D eigenvalue weighted by atomic mass is 10.2. The summed E-state index contributed by atoms with van der Waals surface area (Å²) in [6.45, 7) is 1.12. The predicted octanol–water partition coefficient (Wildman–Crippen LogP) is 3.24. The molecule has 2 saturated carbocycles. The molecule has 0 amide bonds. The van der Waals surface area contributed by atoms with Gasteiger partial charge in [-0.15, -0.1) is 0 Å². The van der Waals surface area contributed by atoms with E-state index in [2.05, 4.69) is 34.4 Å². The molecular formula is C16H25N3. The quantitative estimate of drug-likeness (QED) is 0.602. The molecule has 0 bridgehead atoms. The highest BCUT2D eigenvalue weighted by molar-refractivity contribution is 5.05.